The van der Waals surface area contributed by atoms with E-state index in [-0.39, 0.29) is 23.2 Å². The summed E-state index contributed by atoms with van der Waals surface area (Å²) in [6.45, 7) is 2.63. The largest absolute Gasteiger partial charge is 0.355 e. The Balaban J connectivity index is 1.07. The van der Waals surface area contributed by atoms with Gasteiger partial charge in [-0.25, -0.2) is 14.4 Å². The first-order chi connectivity index (χ1) is 19.0. The van der Waals surface area contributed by atoms with Crippen LogP contribution in [0.1, 0.15) is 42.0 Å². The van der Waals surface area contributed by atoms with E-state index in [9.17, 15) is 4.79 Å². The molecule has 0 bridgehead atoms. The van der Waals surface area contributed by atoms with Gasteiger partial charge in [0.05, 0.1) is 11.9 Å². The number of benzene rings is 2. The molecule has 4 aromatic rings. The van der Waals surface area contributed by atoms with Crippen LogP contribution in [-0.2, 0) is 17.6 Å². The molecule has 39 heavy (non-hydrogen) atoms. The molecule has 1 spiro atoms. The van der Waals surface area contributed by atoms with Crippen LogP contribution < -0.4 is 20.4 Å². The summed E-state index contributed by atoms with van der Waals surface area (Å²) in [5.41, 5.74) is 12.7. The molecule has 3 N–H and O–H groups in total. The molecule has 1 amide bonds. The predicted molar refractivity (Wildman–Crippen MR) is 147 cm³/mol. The van der Waals surface area contributed by atoms with E-state index in [1.807, 2.05) is 4.90 Å². The lowest BCUT2D eigenvalue weighted by Crippen LogP contribution is -2.45. The van der Waals surface area contributed by atoms with E-state index in [0.717, 1.165) is 43.7 Å². The van der Waals surface area contributed by atoms with Crippen molar-refractivity contribution in [3.05, 3.63) is 65.1 Å². The van der Waals surface area contributed by atoms with E-state index in [4.69, 9.17) is 15.7 Å². The Bertz CT molecular complexity index is 1640. The minimum absolute atomic E-state index is 0.0380. The molecule has 1 saturated heterocycles. The topological polar surface area (TPSA) is 107 Å². The molecule has 9 nitrogen and oxygen atoms in total. The molecular formula is C29H29FN8O. The maximum atomic E-state index is 15.2. The number of nitrogens with two attached hydrogens (primary N) is 1. The van der Waals surface area contributed by atoms with E-state index in [1.54, 1.807) is 17.2 Å². The molecule has 0 unspecified atom stereocenters. The Morgan fingerprint density at radius 2 is 1.79 bits per heavy atom. The number of H-pyrrole nitrogens is 1. The maximum Gasteiger partial charge on any atom is 0.227 e. The number of aromatic amines is 1. The third kappa shape index (κ3) is 3.27. The highest BCUT2D eigenvalue weighted by Gasteiger charge is 2.46. The summed E-state index contributed by atoms with van der Waals surface area (Å²) in [5, 5.41) is 7.55. The fraction of sp³-hybridized carbons (Fsp3) is 0.379. The molecule has 1 fully saturated rings. The van der Waals surface area contributed by atoms with Crippen molar-refractivity contribution in [2.45, 2.75) is 38.1 Å². The number of nitrogens with zero attached hydrogens (tertiary/aromatic N) is 6. The van der Waals surface area contributed by atoms with Gasteiger partial charge >= 0.3 is 0 Å². The van der Waals surface area contributed by atoms with Crippen LogP contribution in [0, 0.1) is 11.2 Å². The zero-order valence-corrected chi connectivity index (χ0v) is 21.5. The van der Waals surface area contributed by atoms with Gasteiger partial charge < -0.3 is 20.4 Å². The molecule has 2 aromatic heterocycles. The number of carbonyl (C=O) groups is 1. The quantitative estimate of drug-likeness (QED) is 0.411. The monoisotopic (exact) mass is 524 g/mol. The summed E-state index contributed by atoms with van der Waals surface area (Å²) in [4.78, 5) is 28.0. The van der Waals surface area contributed by atoms with Crippen LogP contribution in [-0.4, -0.2) is 52.3 Å². The van der Waals surface area contributed by atoms with E-state index in [2.05, 4.69) is 39.4 Å². The van der Waals surface area contributed by atoms with Crippen LogP contribution in [0.4, 0.5) is 27.4 Å². The van der Waals surface area contributed by atoms with Crippen LogP contribution in [0.2, 0.25) is 0 Å². The highest BCUT2D eigenvalue weighted by Crippen LogP contribution is 2.51. The number of hydrogen-bond acceptors (Lipinski definition) is 7. The van der Waals surface area contributed by atoms with Gasteiger partial charge in [0.15, 0.2) is 17.0 Å². The summed E-state index contributed by atoms with van der Waals surface area (Å²) in [6, 6.07) is 11.9. The van der Waals surface area contributed by atoms with Gasteiger partial charge in [-0.05, 0) is 53.9 Å². The number of halogens is 1. The van der Waals surface area contributed by atoms with Crippen molar-refractivity contribution in [3.8, 4) is 0 Å². The number of aromatic nitrogens is 4. The van der Waals surface area contributed by atoms with Crippen molar-refractivity contribution in [3.63, 3.8) is 0 Å². The number of anilines is 4. The Morgan fingerprint density at radius 3 is 2.64 bits per heavy atom. The van der Waals surface area contributed by atoms with Crippen molar-refractivity contribution < 1.29 is 9.18 Å². The summed E-state index contributed by atoms with van der Waals surface area (Å²) in [7, 11) is 0. The summed E-state index contributed by atoms with van der Waals surface area (Å²) in [5.74, 6) is 0.996. The van der Waals surface area contributed by atoms with Gasteiger partial charge in [-0.2, -0.15) is 5.10 Å². The minimum atomic E-state index is -0.372. The number of rotatable bonds is 2. The SMILES string of the molecule is N[C@@H]1c2ccccc2CC12CCN(c1cnc3c(N4CCN5C(=O)CCc6ccc(F)c4c65)n[nH]c3n1)CC2. The number of aryl methyl sites for hydroxylation is 1. The molecule has 8 rings (SSSR count). The molecular weight excluding hydrogens is 495 g/mol. The second-order valence-corrected chi connectivity index (χ2v) is 11.3. The first-order valence-corrected chi connectivity index (χ1v) is 13.7. The zero-order chi connectivity index (χ0) is 26.3. The van der Waals surface area contributed by atoms with Gasteiger partial charge in [-0.1, -0.05) is 30.3 Å². The third-order valence-electron chi connectivity index (χ3n) is 9.35. The van der Waals surface area contributed by atoms with Gasteiger partial charge in [0.1, 0.15) is 17.3 Å². The molecule has 2 aromatic carbocycles. The van der Waals surface area contributed by atoms with Crippen LogP contribution in [0.3, 0.4) is 0 Å². The fourth-order valence-corrected chi connectivity index (χ4v) is 7.23. The zero-order valence-electron chi connectivity index (χ0n) is 21.5. The smallest absolute Gasteiger partial charge is 0.227 e. The Hall–Kier alpha value is -4.05. The normalized spacial score (nSPS) is 21.5. The number of hydrogen-bond donors (Lipinski definition) is 2. The molecule has 10 heteroatoms. The van der Waals surface area contributed by atoms with Gasteiger partial charge in [0.25, 0.3) is 0 Å². The van der Waals surface area contributed by atoms with Crippen LogP contribution in [0.25, 0.3) is 11.2 Å². The number of amides is 1. The van der Waals surface area contributed by atoms with Crippen LogP contribution >= 0.6 is 0 Å². The molecule has 198 valence electrons. The molecule has 3 aliphatic heterocycles. The van der Waals surface area contributed by atoms with E-state index >= 15 is 4.39 Å². The van der Waals surface area contributed by atoms with E-state index in [1.165, 1.54) is 17.2 Å². The second kappa shape index (κ2) is 8.22. The van der Waals surface area contributed by atoms with E-state index in [0.29, 0.717) is 54.3 Å². The van der Waals surface area contributed by atoms with Crippen molar-refractivity contribution >= 4 is 40.1 Å². The standard InChI is InChI=1S/C29H29FN8O/c30-20-7-5-17-6-8-22(39)37-13-14-38(25(20)24(17)37)28-23-27(34-35-28)33-21(16-32-23)36-11-9-29(10-12-36)15-18-3-1-2-4-19(18)26(29)31/h1-5,7,16,26H,6,8-15,31H2,(H,33,34,35)/t26-/m1/s1. The third-order valence-corrected chi connectivity index (χ3v) is 9.35. The van der Waals surface area contributed by atoms with Crippen LogP contribution in [0.5, 0.6) is 0 Å². The fourth-order valence-electron chi connectivity index (χ4n) is 7.23. The highest BCUT2D eigenvalue weighted by atomic mass is 19.1. The second-order valence-electron chi connectivity index (χ2n) is 11.3. The lowest BCUT2D eigenvalue weighted by molar-refractivity contribution is -0.118. The summed E-state index contributed by atoms with van der Waals surface area (Å²) in [6.07, 6.45) is 5.89. The Morgan fingerprint density at radius 1 is 0.974 bits per heavy atom. The summed E-state index contributed by atoms with van der Waals surface area (Å²) >= 11 is 0. The maximum absolute atomic E-state index is 15.2. The molecule has 1 atom stereocenters. The molecule has 4 aliphatic rings. The molecule has 5 heterocycles. The predicted octanol–water partition coefficient (Wildman–Crippen LogP) is 3.77. The van der Waals surface area contributed by atoms with Crippen molar-refractivity contribution in [2.75, 3.05) is 40.9 Å². The van der Waals surface area contributed by atoms with E-state index < -0.39 is 0 Å². The summed E-state index contributed by atoms with van der Waals surface area (Å²) < 4.78 is 15.2. The van der Waals surface area contributed by atoms with Crippen molar-refractivity contribution in [1.29, 1.82) is 0 Å². The molecule has 0 radical (unpaired) electrons. The van der Waals surface area contributed by atoms with Gasteiger partial charge in [0, 0.05) is 38.6 Å². The number of carbonyl (C=O) groups excluding carboxylic acids is 1. The van der Waals surface area contributed by atoms with Crippen LogP contribution in [0.15, 0.2) is 42.6 Å². The number of nitrogens with one attached hydrogen (secondary N) is 1. The van der Waals surface area contributed by atoms with Crippen molar-refractivity contribution in [2.24, 2.45) is 11.1 Å². The average molecular weight is 525 g/mol. The number of piperidine rings is 1. The lowest BCUT2D eigenvalue weighted by Gasteiger charge is -2.42. The Labute approximate surface area is 224 Å². The lowest BCUT2D eigenvalue weighted by atomic mass is 9.73. The van der Waals surface area contributed by atoms with Gasteiger partial charge in [0.2, 0.25) is 5.91 Å². The van der Waals surface area contributed by atoms with Gasteiger partial charge in [-0.15, -0.1) is 0 Å². The first kappa shape index (κ1) is 22.9. The Kier molecular flexibility index (Phi) is 4.83. The first-order valence-electron chi connectivity index (χ1n) is 13.7. The van der Waals surface area contributed by atoms with Crippen molar-refractivity contribution in [1.82, 2.24) is 20.2 Å². The van der Waals surface area contributed by atoms with Gasteiger partial charge in [-0.3, -0.25) is 9.89 Å². The number of fused-ring (bicyclic) bond motifs is 2. The highest BCUT2D eigenvalue weighted by molar-refractivity contribution is 6.03. The average Bonchev–Trinajstić information content (AvgIpc) is 3.50. The minimum Gasteiger partial charge on any atom is -0.355 e. The molecule has 1 aliphatic carbocycles. The molecule has 0 saturated carbocycles.